The first-order valence-electron chi connectivity index (χ1n) is 15.4. The quantitative estimate of drug-likeness (QED) is 0.375. The summed E-state index contributed by atoms with van der Waals surface area (Å²) in [6, 6.07) is 0. The van der Waals surface area contributed by atoms with Crippen molar-refractivity contribution in [3.05, 3.63) is 12.2 Å². The molecule has 5 aliphatic carbocycles. The van der Waals surface area contributed by atoms with Crippen LogP contribution in [0.2, 0.25) is 0 Å². The summed E-state index contributed by atoms with van der Waals surface area (Å²) in [5.74, 6) is 1.79. The predicted molar refractivity (Wildman–Crippen MR) is 148 cm³/mol. The molecule has 10 atom stereocenters. The lowest BCUT2D eigenvalue weighted by atomic mass is 9.32. The summed E-state index contributed by atoms with van der Waals surface area (Å²) in [4.78, 5) is 12.8. The van der Waals surface area contributed by atoms with Crippen LogP contribution in [0.25, 0.3) is 0 Å². The molecule has 6 rings (SSSR count). The fourth-order valence-corrected chi connectivity index (χ4v) is 11.6. The third-order valence-electron chi connectivity index (χ3n) is 14.0. The van der Waals surface area contributed by atoms with Crippen molar-refractivity contribution in [1.82, 2.24) is 0 Å². The van der Waals surface area contributed by atoms with Gasteiger partial charge in [-0.15, -0.1) is 0 Å². The molecular weight excluding hydrogens is 460 g/mol. The largest absolute Gasteiger partial charge is 0.481 e. The van der Waals surface area contributed by atoms with Gasteiger partial charge < -0.3 is 14.9 Å². The highest BCUT2D eigenvalue weighted by atomic mass is 16.5. The van der Waals surface area contributed by atoms with E-state index in [9.17, 15) is 15.0 Å². The summed E-state index contributed by atoms with van der Waals surface area (Å²) in [6.45, 7) is 20.8. The van der Waals surface area contributed by atoms with Crippen molar-refractivity contribution < 1.29 is 19.7 Å². The standard InChI is InChI=1S/C30H48O3.C3H6O/c1-18(2)19-10-15-30(25(32)33)17-16-28(6)20(24(19)30)8-9-22-27(5)13-12-23(31)26(3,4)21(27)11-14-29(22,28)7;1-2-4-3-1/h19-24,31H,1,8-17H2,2-7H3,(H,32,33);1-3H2/t19-,20+,21-,22+,23-,24+,27-,28+,29+,30-;/m0./s1. The number of carboxylic acids is 1. The zero-order valence-electron chi connectivity index (χ0n) is 24.6. The molecule has 0 unspecified atom stereocenters. The topological polar surface area (TPSA) is 66.8 Å². The molecular formula is C33H54O4. The Hall–Kier alpha value is -0.870. The molecule has 0 radical (unpaired) electrons. The number of aliphatic hydroxyl groups excluding tert-OH is 1. The molecule has 0 amide bonds. The molecule has 0 aromatic heterocycles. The third-order valence-corrected chi connectivity index (χ3v) is 14.0. The van der Waals surface area contributed by atoms with E-state index >= 15 is 0 Å². The van der Waals surface area contributed by atoms with Crippen LogP contribution in [-0.4, -0.2) is 35.5 Å². The van der Waals surface area contributed by atoms with Crippen LogP contribution in [0.3, 0.4) is 0 Å². The molecule has 210 valence electrons. The monoisotopic (exact) mass is 514 g/mol. The Labute approximate surface area is 226 Å². The number of ether oxygens (including phenoxy) is 1. The number of carbonyl (C=O) groups is 1. The minimum atomic E-state index is -0.538. The summed E-state index contributed by atoms with van der Waals surface area (Å²) < 4.78 is 4.72. The van der Waals surface area contributed by atoms with Gasteiger partial charge >= 0.3 is 5.97 Å². The number of carboxylic acid groups (broad SMARTS) is 1. The van der Waals surface area contributed by atoms with Gasteiger partial charge in [-0.1, -0.05) is 46.8 Å². The number of aliphatic hydroxyl groups is 1. The summed E-state index contributed by atoms with van der Waals surface area (Å²) in [5, 5.41) is 21.4. The fourth-order valence-electron chi connectivity index (χ4n) is 11.6. The lowest BCUT2D eigenvalue weighted by Gasteiger charge is -2.72. The first-order valence-corrected chi connectivity index (χ1v) is 15.4. The highest BCUT2D eigenvalue weighted by Crippen LogP contribution is 2.77. The van der Waals surface area contributed by atoms with E-state index < -0.39 is 11.4 Å². The number of rotatable bonds is 2. The SMILES string of the molecule is C1COC1.C=C(C)[C@@H]1CC[C@]2(C(=O)O)CC[C@]3(C)[C@H](CC[C@@H]4[C@@]5(C)CC[C@H](O)C(C)(C)[C@@H]5CC[C@]43C)[C@@H]12. The van der Waals surface area contributed by atoms with Gasteiger partial charge in [0, 0.05) is 13.2 Å². The van der Waals surface area contributed by atoms with E-state index in [-0.39, 0.29) is 33.7 Å². The Morgan fingerprint density at radius 1 is 0.838 bits per heavy atom. The average molecular weight is 515 g/mol. The highest BCUT2D eigenvalue weighted by Gasteiger charge is 2.71. The van der Waals surface area contributed by atoms with Gasteiger partial charge in [0.15, 0.2) is 0 Å². The lowest BCUT2D eigenvalue weighted by Crippen LogP contribution is -2.67. The maximum atomic E-state index is 12.8. The molecule has 0 aromatic carbocycles. The van der Waals surface area contributed by atoms with Crippen LogP contribution in [0, 0.1) is 56.7 Å². The Balaban J connectivity index is 0.000000640. The van der Waals surface area contributed by atoms with Gasteiger partial charge in [0.2, 0.25) is 0 Å². The molecule has 0 bridgehead atoms. The van der Waals surface area contributed by atoms with Crippen molar-refractivity contribution in [2.45, 2.75) is 118 Å². The number of aliphatic carboxylic acids is 1. The normalized spacial score (nSPS) is 51.6. The Bertz CT molecular complexity index is 917. The molecule has 1 aliphatic heterocycles. The predicted octanol–water partition coefficient (Wildman–Crippen LogP) is 7.50. The zero-order chi connectivity index (χ0) is 27.0. The summed E-state index contributed by atoms with van der Waals surface area (Å²) >= 11 is 0. The van der Waals surface area contributed by atoms with Gasteiger partial charge in [-0.3, -0.25) is 4.79 Å². The van der Waals surface area contributed by atoms with E-state index in [2.05, 4.69) is 48.1 Å². The second-order valence-corrected chi connectivity index (χ2v) is 15.5. The second kappa shape index (κ2) is 9.08. The highest BCUT2D eigenvalue weighted by molar-refractivity contribution is 5.76. The first kappa shape index (κ1) is 27.7. The number of hydrogen-bond donors (Lipinski definition) is 2. The molecule has 6 aliphatic rings. The molecule has 1 heterocycles. The van der Waals surface area contributed by atoms with Crippen LogP contribution >= 0.6 is 0 Å². The molecule has 4 heteroatoms. The number of allylic oxidation sites excluding steroid dienone is 1. The van der Waals surface area contributed by atoms with E-state index in [0.717, 1.165) is 51.7 Å². The lowest BCUT2D eigenvalue weighted by molar-refractivity contribution is -0.248. The Kier molecular flexibility index (Phi) is 6.80. The molecule has 37 heavy (non-hydrogen) atoms. The van der Waals surface area contributed by atoms with Crippen molar-refractivity contribution in [3.63, 3.8) is 0 Å². The second-order valence-electron chi connectivity index (χ2n) is 15.5. The summed E-state index contributed by atoms with van der Waals surface area (Å²) in [5.41, 5.74) is 1.35. The minimum absolute atomic E-state index is 0.0202. The van der Waals surface area contributed by atoms with Crippen LogP contribution in [0.1, 0.15) is 112 Å². The molecule has 6 fully saturated rings. The van der Waals surface area contributed by atoms with E-state index in [4.69, 9.17) is 4.74 Å². The number of fused-ring (bicyclic) bond motifs is 7. The van der Waals surface area contributed by atoms with E-state index in [1.54, 1.807) is 0 Å². The molecule has 0 spiro atoms. The van der Waals surface area contributed by atoms with Gasteiger partial charge in [-0.2, -0.15) is 0 Å². The molecule has 2 N–H and O–H groups in total. The van der Waals surface area contributed by atoms with E-state index in [1.165, 1.54) is 37.7 Å². The van der Waals surface area contributed by atoms with Crippen LogP contribution < -0.4 is 0 Å². The smallest absolute Gasteiger partial charge is 0.309 e. The van der Waals surface area contributed by atoms with Gasteiger partial charge in [0.1, 0.15) is 0 Å². The van der Waals surface area contributed by atoms with E-state index in [1.807, 2.05) is 0 Å². The molecule has 0 aromatic rings. The maximum Gasteiger partial charge on any atom is 0.309 e. The average Bonchev–Trinajstić information content (AvgIpc) is 3.17. The maximum absolute atomic E-state index is 12.8. The van der Waals surface area contributed by atoms with Gasteiger partial charge in [-0.05, 0) is 129 Å². The molecule has 4 nitrogen and oxygen atoms in total. The van der Waals surface area contributed by atoms with Crippen molar-refractivity contribution in [3.8, 4) is 0 Å². The van der Waals surface area contributed by atoms with Crippen LogP contribution in [-0.2, 0) is 9.53 Å². The van der Waals surface area contributed by atoms with Gasteiger partial charge in [0.05, 0.1) is 11.5 Å². The minimum Gasteiger partial charge on any atom is -0.481 e. The zero-order valence-corrected chi connectivity index (χ0v) is 24.6. The summed E-state index contributed by atoms with van der Waals surface area (Å²) in [7, 11) is 0. The Morgan fingerprint density at radius 3 is 2.05 bits per heavy atom. The van der Waals surface area contributed by atoms with E-state index in [0.29, 0.717) is 23.7 Å². The third kappa shape index (κ3) is 3.70. The van der Waals surface area contributed by atoms with Gasteiger partial charge in [-0.25, -0.2) is 0 Å². The molecule has 1 saturated heterocycles. The van der Waals surface area contributed by atoms with Crippen molar-refractivity contribution >= 4 is 5.97 Å². The van der Waals surface area contributed by atoms with Crippen LogP contribution in [0.5, 0.6) is 0 Å². The van der Waals surface area contributed by atoms with Crippen molar-refractivity contribution in [1.29, 1.82) is 0 Å². The van der Waals surface area contributed by atoms with Gasteiger partial charge in [0.25, 0.3) is 0 Å². The van der Waals surface area contributed by atoms with Crippen LogP contribution in [0.4, 0.5) is 0 Å². The van der Waals surface area contributed by atoms with Crippen molar-refractivity contribution in [2.75, 3.05) is 13.2 Å². The van der Waals surface area contributed by atoms with Crippen molar-refractivity contribution in [2.24, 2.45) is 56.7 Å². The molecule has 5 saturated carbocycles. The fraction of sp³-hybridized carbons (Fsp3) is 0.909. The number of hydrogen-bond acceptors (Lipinski definition) is 3. The summed E-state index contributed by atoms with van der Waals surface area (Å²) in [6.07, 6.45) is 11.7. The van der Waals surface area contributed by atoms with Crippen LogP contribution in [0.15, 0.2) is 12.2 Å². The first-order chi connectivity index (χ1) is 17.3. The Morgan fingerprint density at radius 2 is 1.49 bits per heavy atom.